The largest absolute Gasteiger partial charge is 0.291 e. The lowest BCUT2D eigenvalue weighted by atomic mass is 9.97. The zero-order chi connectivity index (χ0) is 14.4. The number of nitrogens with one attached hydrogen (secondary N) is 1. The number of benzene rings is 1. The lowest BCUT2D eigenvalue weighted by Crippen LogP contribution is -2.09. The fraction of sp³-hybridized carbons (Fsp3) is 0.294. The highest BCUT2D eigenvalue weighted by atomic mass is 32.1. The third-order valence-corrected chi connectivity index (χ3v) is 4.64. The summed E-state index contributed by atoms with van der Waals surface area (Å²) in [7, 11) is 0. The fourth-order valence-electron chi connectivity index (χ4n) is 3.12. The maximum atomic E-state index is 5.66. The van der Waals surface area contributed by atoms with Crippen molar-refractivity contribution in [3.8, 4) is 11.3 Å². The van der Waals surface area contributed by atoms with Crippen LogP contribution in [0.25, 0.3) is 16.9 Å². The van der Waals surface area contributed by atoms with E-state index in [9.17, 15) is 0 Å². The molecule has 0 atom stereocenters. The van der Waals surface area contributed by atoms with Crippen molar-refractivity contribution in [2.75, 3.05) is 0 Å². The van der Waals surface area contributed by atoms with Gasteiger partial charge in [-0.1, -0.05) is 36.0 Å². The van der Waals surface area contributed by atoms with E-state index in [0.717, 1.165) is 28.8 Å². The van der Waals surface area contributed by atoms with Crippen molar-refractivity contribution in [3.63, 3.8) is 0 Å². The molecule has 3 nitrogen and oxygen atoms in total. The van der Waals surface area contributed by atoms with Crippen LogP contribution in [0.3, 0.4) is 0 Å². The first-order valence-electron chi connectivity index (χ1n) is 7.43. The van der Waals surface area contributed by atoms with E-state index in [2.05, 4.69) is 42.4 Å². The minimum absolute atomic E-state index is 0.897. The molecule has 106 valence electrons. The molecule has 0 aliphatic heterocycles. The molecule has 2 aromatic heterocycles. The number of aryl methyl sites for hydroxylation is 2. The molecule has 0 amide bonds. The molecule has 0 spiro atoms. The number of aromatic amines is 1. The lowest BCUT2D eigenvalue weighted by molar-refractivity contribution is 0.657. The van der Waals surface area contributed by atoms with E-state index in [-0.39, 0.29) is 0 Å². The first kappa shape index (κ1) is 12.8. The second-order valence-corrected chi connectivity index (χ2v) is 6.17. The number of aromatic nitrogens is 3. The summed E-state index contributed by atoms with van der Waals surface area (Å²) in [6, 6.07) is 10.6. The Kier molecular flexibility index (Phi) is 2.93. The van der Waals surface area contributed by atoms with Crippen LogP contribution < -0.4 is 0 Å². The van der Waals surface area contributed by atoms with Gasteiger partial charge in [-0.2, -0.15) is 0 Å². The average molecular weight is 295 g/mol. The molecule has 3 aromatic rings. The van der Waals surface area contributed by atoms with Crippen LogP contribution in [0.4, 0.5) is 0 Å². The molecule has 1 aliphatic rings. The van der Waals surface area contributed by atoms with Gasteiger partial charge in [0.05, 0.1) is 5.69 Å². The molecule has 21 heavy (non-hydrogen) atoms. The fourth-order valence-corrected chi connectivity index (χ4v) is 3.48. The number of hydrogen-bond donors (Lipinski definition) is 1. The molecule has 0 unspecified atom stereocenters. The van der Waals surface area contributed by atoms with Crippen LogP contribution >= 0.6 is 12.2 Å². The van der Waals surface area contributed by atoms with Crippen LogP contribution in [-0.4, -0.2) is 14.6 Å². The van der Waals surface area contributed by atoms with Crippen molar-refractivity contribution in [3.05, 3.63) is 51.8 Å². The number of nitrogens with zero attached hydrogens (tertiary/aromatic N) is 2. The summed E-state index contributed by atoms with van der Waals surface area (Å²) in [5, 5.41) is 3.41. The number of fused-ring (bicyclic) bond motifs is 2. The maximum absolute atomic E-state index is 5.66. The Labute approximate surface area is 128 Å². The van der Waals surface area contributed by atoms with Gasteiger partial charge in [0, 0.05) is 17.3 Å². The summed E-state index contributed by atoms with van der Waals surface area (Å²) in [6.45, 7) is 2.11. The Hall–Kier alpha value is -1.94. The Bertz CT molecular complexity index is 889. The first-order chi connectivity index (χ1) is 10.2. The molecular formula is C17H17N3S. The van der Waals surface area contributed by atoms with Crippen molar-refractivity contribution >= 4 is 17.9 Å². The topological polar surface area (TPSA) is 33.1 Å². The predicted octanol–water partition coefficient (Wildman–Crippen LogP) is 4.25. The van der Waals surface area contributed by atoms with Crippen LogP contribution in [0.1, 0.15) is 29.7 Å². The van der Waals surface area contributed by atoms with E-state index >= 15 is 0 Å². The molecule has 1 aliphatic carbocycles. The Balaban J connectivity index is 1.94. The first-order valence-corrected chi connectivity index (χ1v) is 7.84. The maximum Gasteiger partial charge on any atom is 0.155 e. The van der Waals surface area contributed by atoms with Crippen molar-refractivity contribution in [1.82, 2.24) is 14.6 Å². The third kappa shape index (κ3) is 2.10. The Morgan fingerprint density at radius 2 is 2.05 bits per heavy atom. The number of H-pyrrole nitrogens is 1. The number of hydrogen-bond acceptors (Lipinski definition) is 2. The van der Waals surface area contributed by atoms with Gasteiger partial charge in [-0.25, -0.2) is 9.50 Å². The van der Waals surface area contributed by atoms with Gasteiger partial charge in [0.25, 0.3) is 0 Å². The van der Waals surface area contributed by atoms with Gasteiger partial charge < -0.3 is 0 Å². The second kappa shape index (κ2) is 4.81. The van der Waals surface area contributed by atoms with Crippen molar-refractivity contribution < 1.29 is 0 Å². The van der Waals surface area contributed by atoms with Crippen LogP contribution in [0, 0.1) is 11.6 Å². The van der Waals surface area contributed by atoms with E-state index in [1.807, 2.05) is 4.52 Å². The monoisotopic (exact) mass is 295 g/mol. The summed E-state index contributed by atoms with van der Waals surface area (Å²) in [5.41, 5.74) is 6.87. The molecular weight excluding hydrogens is 278 g/mol. The summed E-state index contributed by atoms with van der Waals surface area (Å²) in [5.74, 6) is 0. The van der Waals surface area contributed by atoms with Gasteiger partial charge in [-0.05, 0) is 44.2 Å². The van der Waals surface area contributed by atoms with E-state index in [0.29, 0.717) is 0 Å². The minimum Gasteiger partial charge on any atom is -0.291 e. The minimum atomic E-state index is 0.897. The molecule has 0 fully saturated rings. The van der Waals surface area contributed by atoms with Gasteiger partial charge in [0.2, 0.25) is 0 Å². The third-order valence-electron chi connectivity index (χ3n) is 4.21. The van der Waals surface area contributed by atoms with E-state index in [1.165, 1.54) is 35.2 Å². The molecule has 0 saturated carbocycles. The van der Waals surface area contributed by atoms with Crippen LogP contribution in [0.15, 0.2) is 30.3 Å². The summed E-state index contributed by atoms with van der Waals surface area (Å²) < 4.78 is 2.85. The summed E-state index contributed by atoms with van der Waals surface area (Å²) in [4.78, 5) is 4.81. The summed E-state index contributed by atoms with van der Waals surface area (Å²) in [6.07, 6.45) is 4.55. The van der Waals surface area contributed by atoms with E-state index in [1.54, 1.807) is 0 Å². The van der Waals surface area contributed by atoms with Crippen LogP contribution in [-0.2, 0) is 12.8 Å². The standard InChI is InChI=1S/C17H17N3S/c1-11-5-4-6-12(9-11)15-10-16-18-14-8-3-2-7-13(14)17(21)20(16)19-15/h4-6,9-10,19H,2-3,7-8H2,1H3. The molecule has 2 heterocycles. The zero-order valence-electron chi connectivity index (χ0n) is 12.0. The molecule has 0 bridgehead atoms. The summed E-state index contributed by atoms with van der Waals surface area (Å²) >= 11 is 5.66. The molecule has 1 N–H and O–H groups in total. The normalized spacial score (nSPS) is 14.3. The van der Waals surface area contributed by atoms with Crippen LogP contribution in [0.5, 0.6) is 0 Å². The smallest absolute Gasteiger partial charge is 0.155 e. The molecule has 0 saturated heterocycles. The highest BCUT2D eigenvalue weighted by molar-refractivity contribution is 7.71. The quantitative estimate of drug-likeness (QED) is 0.681. The molecule has 4 rings (SSSR count). The van der Waals surface area contributed by atoms with E-state index < -0.39 is 0 Å². The van der Waals surface area contributed by atoms with Gasteiger partial charge in [-0.15, -0.1) is 0 Å². The highest BCUT2D eigenvalue weighted by Crippen LogP contribution is 2.25. The van der Waals surface area contributed by atoms with Gasteiger partial charge >= 0.3 is 0 Å². The van der Waals surface area contributed by atoms with E-state index in [4.69, 9.17) is 17.2 Å². The molecule has 0 radical (unpaired) electrons. The average Bonchev–Trinajstić information content (AvgIpc) is 2.92. The second-order valence-electron chi connectivity index (χ2n) is 5.78. The van der Waals surface area contributed by atoms with Crippen LogP contribution in [0.2, 0.25) is 0 Å². The highest BCUT2D eigenvalue weighted by Gasteiger charge is 2.16. The van der Waals surface area contributed by atoms with Gasteiger partial charge in [0.1, 0.15) is 4.64 Å². The Morgan fingerprint density at radius 1 is 1.19 bits per heavy atom. The lowest BCUT2D eigenvalue weighted by Gasteiger charge is -2.14. The van der Waals surface area contributed by atoms with Crippen molar-refractivity contribution in [2.45, 2.75) is 32.6 Å². The van der Waals surface area contributed by atoms with Gasteiger partial charge in [-0.3, -0.25) is 5.10 Å². The zero-order valence-corrected chi connectivity index (χ0v) is 12.8. The number of rotatable bonds is 1. The molecule has 4 heteroatoms. The predicted molar refractivity (Wildman–Crippen MR) is 87.2 cm³/mol. The molecule has 1 aromatic carbocycles. The SMILES string of the molecule is Cc1cccc(-c2cc3nc4c(c(=S)n3[nH]2)CCCC4)c1. The van der Waals surface area contributed by atoms with Crippen molar-refractivity contribution in [1.29, 1.82) is 0 Å². The van der Waals surface area contributed by atoms with Gasteiger partial charge in [0.15, 0.2) is 5.65 Å². The Morgan fingerprint density at radius 3 is 2.90 bits per heavy atom. The van der Waals surface area contributed by atoms with Crippen molar-refractivity contribution in [2.24, 2.45) is 0 Å².